The molecule has 0 aromatic heterocycles. The minimum absolute atomic E-state index is 0.0529. The van der Waals surface area contributed by atoms with Crippen LogP contribution in [0.1, 0.15) is 25.3 Å². The van der Waals surface area contributed by atoms with Gasteiger partial charge in [-0.05, 0) is 36.6 Å². The van der Waals surface area contributed by atoms with Crippen molar-refractivity contribution in [3.63, 3.8) is 0 Å². The van der Waals surface area contributed by atoms with Crippen LogP contribution in [0.4, 0.5) is 14.5 Å². The third-order valence-electron chi connectivity index (χ3n) is 5.42. The molecule has 166 valence electrons. The van der Waals surface area contributed by atoms with Crippen molar-refractivity contribution in [2.45, 2.75) is 44.3 Å². The molecule has 2 aromatic rings. The van der Waals surface area contributed by atoms with Crippen LogP contribution in [0.2, 0.25) is 0 Å². The van der Waals surface area contributed by atoms with E-state index in [9.17, 15) is 18.4 Å². The second kappa shape index (κ2) is 10.3. The molecule has 3 atom stereocenters. The van der Waals surface area contributed by atoms with Crippen molar-refractivity contribution < 1.29 is 18.4 Å². The van der Waals surface area contributed by atoms with Crippen molar-refractivity contribution in [2.75, 3.05) is 18.4 Å². The summed E-state index contributed by atoms with van der Waals surface area (Å²) in [6.07, 6.45) is 0.853. The molecule has 0 saturated carbocycles. The first-order valence-corrected chi connectivity index (χ1v) is 10.4. The number of likely N-dealkylation sites (tertiary alicyclic amines) is 1. The number of hydrogen-bond acceptors (Lipinski definition) is 4. The average Bonchev–Trinajstić information content (AvgIpc) is 3.11. The second-order valence-corrected chi connectivity index (χ2v) is 7.95. The van der Waals surface area contributed by atoms with Crippen LogP contribution in [0, 0.1) is 11.6 Å². The molecule has 1 saturated heterocycles. The highest BCUT2D eigenvalue weighted by Gasteiger charge is 2.35. The van der Waals surface area contributed by atoms with Gasteiger partial charge in [-0.15, -0.1) is 0 Å². The Hall–Kier alpha value is -3.00. The number of anilines is 1. The molecule has 0 bridgehead atoms. The minimum atomic E-state index is -0.538. The largest absolute Gasteiger partial charge is 0.381 e. The van der Waals surface area contributed by atoms with E-state index in [-0.39, 0.29) is 48.4 Å². The molecule has 1 aliphatic heterocycles. The highest BCUT2D eigenvalue weighted by molar-refractivity contribution is 5.78. The van der Waals surface area contributed by atoms with Gasteiger partial charge in [-0.1, -0.05) is 30.3 Å². The number of halogens is 2. The van der Waals surface area contributed by atoms with Gasteiger partial charge in [0, 0.05) is 38.5 Å². The quantitative estimate of drug-likeness (QED) is 0.600. The van der Waals surface area contributed by atoms with Gasteiger partial charge in [-0.3, -0.25) is 9.59 Å². The molecule has 0 spiro atoms. The number of carbonyl (C=O) groups excluding carboxylic acids is 2. The van der Waals surface area contributed by atoms with Crippen LogP contribution in [-0.4, -0.2) is 47.9 Å². The van der Waals surface area contributed by atoms with Crippen LogP contribution in [0.5, 0.6) is 0 Å². The Bertz CT molecular complexity index is 924. The Morgan fingerprint density at radius 3 is 2.48 bits per heavy atom. The molecule has 3 rings (SSSR count). The molecule has 2 amide bonds. The smallest absolute Gasteiger partial charge is 0.224 e. The SMILES string of the molecule is CC(=O)N[C@H]1C[C@@H](CNc2ccccc2F)N(C(=O)C[C@H](N)Cc2ccccc2F)C1. The summed E-state index contributed by atoms with van der Waals surface area (Å²) in [5.41, 5.74) is 6.97. The van der Waals surface area contributed by atoms with Gasteiger partial charge in [-0.25, -0.2) is 8.78 Å². The Kier molecular flexibility index (Phi) is 7.57. The maximum absolute atomic E-state index is 13.9. The van der Waals surface area contributed by atoms with Crippen LogP contribution in [0.25, 0.3) is 0 Å². The van der Waals surface area contributed by atoms with E-state index in [1.807, 2.05) is 0 Å². The fourth-order valence-electron chi connectivity index (χ4n) is 4.00. The summed E-state index contributed by atoms with van der Waals surface area (Å²) in [6.45, 7) is 2.13. The zero-order valence-corrected chi connectivity index (χ0v) is 17.5. The highest BCUT2D eigenvalue weighted by Crippen LogP contribution is 2.22. The van der Waals surface area contributed by atoms with Crippen molar-refractivity contribution in [1.82, 2.24) is 10.2 Å². The molecule has 0 aliphatic carbocycles. The molecule has 8 heteroatoms. The van der Waals surface area contributed by atoms with Gasteiger partial charge in [0.05, 0.1) is 11.7 Å². The monoisotopic (exact) mass is 430 g/mol. The van der Waals surface area contributed by atoms with E-state index in [2.05, 4.69) is 10.6 Å². The fourth-order valence-corrected chi connectivity index (χ4v) is 4.00. The van der Waals surface area contributed by atoms with Crippen molar-refractivity contribution in [3.8, 4) is 0 Å². The van der Waals surface area contributed by atoms with E-state index < -0.39 is 6.04 Å². The number of rotatable bonds is 8. The number of hydrogen-bond donors (Lipinski definition) is 3. The lowest BCUT2D eigenvalue weighted by Gasteiger charge is -2.26. The minimum Gasteiger partial charge on any atom is -0.381 e. The summed E-state index contributed by atoms with van der Waals surface area (Å²) < 4.78 is 27.8. The van der Waals surface area contributed by atoms with Crippen molar-refractivity contribution in [3.05, 3.63) is 65.7 Å². The molecule has 1 heterocycles. The lowest BCUT2D eigenvalue weighted by atomic mass is 10.0. The van der Waals surface area contributed by atoms with Gasteiger partial charge in [0.1, 0.15) is 11.6 Å². The van der Waals surface area contributed by atoms with Crippen LogP contribution in [0.15, 0.2) is 48.5 Å². The molecular weight excluding hydrogens is 402 g/mol. The van der Waals surface area contributed by atoms with Gasteiger partial charge < -0.3 is 21.3 Å². The molecule has 2 aromatic carbocycles. The predicted molar refractivity (Wildman–Crippen MR) is 115 cm³/mol. The number of nitrogens with one attached hydrogen (secondary N) is 2. The number of benzene rings is 2. The lowest BCUT2D eigenvalue weighted by molar-refractivity contribution is -0.132. The van der Waals surface area contributed by atoms with E-state index >= 15 is 0 Å². The summed E-state index contributed by atoms with van der Waals surface area (Å²) in [7, 11) is 0. The van der Waals surface area contributed by atoms with Crippen LogP contribution < -0.4 is 16.4 Å². The normalized spacial score (nSPS) is 19.2. The lowest BCUT2D eigenvalue weighted by Crippen LogP contribution is -2.43. The van der Waals surface area contributed by atoms with Crippen LogP contribution in [-0.2, 0) is 16.0 Å². The summed E-state index contributed by atoms with van der Waals surface area (Å²) >= 11 is 0. The third kappa shape index (κ3) is 6.24. The molecule has 1 fully saturated rings. The Morgan fingerprint density at radius 2 is 1.81 bits per heavy atom. The van der Waals surface area contributed by atoms with Gasteiger partial charge in [0.25, 0.3) is 0 Å². The first kappa shape index (κ1) is 22.7. The van der Waals surface area contributed by atoms with Crippen molar-refractivity contribution >= 4 is 17.5 Å². The van der Waals surface area contributed by atoms with Crippen LogP contribution in [0.3, 0.4) is 0 Å². The van der Waals surface area contributed by atoms with E-state index in [1.165, 1.54) is 19.1 Å². The summed E-state index contributed by atoms with van der Waals surface area (Å²) in [5, 5.41) is 5.90. The number of para-hydroxylation sites is 1. The number of nitrogens with zero attached hydrogens (tertiary/aromatic N) is 1. The second-order valence-electron chi connectivity index (χ2n) is 7.95. The van der Waals surface area contributed by atoms with E-state index in [1.54, 1.807) is 41.3 Å². The topological polar surface area (TPSA) is 87.5 Å². The van der Waals surface area contributed by atoms with E-state index in [0.29, 0.717) is 30.8 Å². The molecule has 31 heavy (non-hydrogen) atoms. The standard InChI is InChI=1S/C23H28F2N4O2/c1-15(30)28-18-12-19(13-27-22-9-5-4-8-21(22)25)29(14-18)23(31)11-17(26)10-16-6-2-3-7-20(16)24/h2-9,17-19,27H,10-14,26H2,1H3,(H,28,30)/t17-,18+,19+/m1/s1. The van der Waals surface area contributed by atoms with Gasteiger partial charge in [0.2, 0.25) is 11.8 Å². The Labute approximate surface area is 180 Å². The molecular formula is C23H28F2N4O2. The summed E-state index contributed by atoms with van der Waals surface area (Å²) in [4.78, 5) is 26.1. The van der Waals surface area contributed by atoms with E-state index in [4.69, 9.17) is 5.73 Å². The molecule has 0 unspecified atom stereocenters. The average molecular weight is 430 g/mol. The van der Waals surface area contributed by atoms with E-state index in [0.717, 1.165) is 0 Å². The zero-order chi connectivity index (χ0) is 22.4. The highest BCUT2D eigenvalue weighted by atomic mass is 19.1. The zero-order valence-electron chi connectivity index (χ0n) is 17.5. The van der Waals surface area contributed by atoms with Crippen LogP contribution >= 0.6 is 0 Å². The molecule has 6 nitrogen and oxygen atoms in total. The first-order valence-electron chi connectivity index (χ1n) is 10.4. The summed E-state index contributed by atoms with van der Waals surface area (Å²) in [5.74, 6) is -1.05. The number of amides is 2. The predicted octanol–water partition coefficient (Wildman–Crippen LogP) is 2.44. The van der Waals surface area contributed by atoms with Gasteiger partial charge in [0.15, 0.2) is 0 Å². The number of carbonyl (C=O) groups is 2. The van der Waals surface area contributed by atoms with Gasteiger partial charge >= 0.3 is 0 Å². The third-order valence-corrected chi connectivity index (χ3v) is 5.42. The number of nitrogens with two attached hydrogens (primary N) is 1. The van der Waals surface area contributed by atoms with Crippen molar-refractivity contribution in [1.29, 1.82) is 0 Å². The molecule has 1 aliphatic rings. The maximum atomic E-state index is 13.9. The first-order chi connectivity index (χ1) is 14.8. The maximum Gasteiger partial charge on any atom is 0.224 e. The van der Waals surface area contributed by atoms with Gasteiger partial charge in [-0.2, -0.15) is 0 Å². The summed E-state index contributed by atoms with van der Waals surface area (Å²) in [6, 6.07) is 11.7. The fraction of sp³-hybridized carbons (Fsp3) is 0.391. The Balaban J connectivity index is 1.64. The van der Waals surface area contributed by atoms with Crippen molar-refractivity contribution in [2.24, 2.45) is 5.73 Å². The molecule has 0 radical (unpaired) electrons. The molecule has 4 N–H and O–H groups in total. The Morgan fingerprint density at radius 1 is 1.13 bits per heavy atom.